The number of methoxy groups -OCH3 is 1. The maximum absolute atomic E-state index is 14.4. The molecule has 0 spiro atoms. The summed E-state index contributed by atoms with van der Waals surface area (Å²) < 4.78 is 79.3. The molecule has 0 bridgehead atoms. The lowest BCUT2D eigenvalue weighted by Crippen LogP contribution is -2.57. The van der Waals surface area contributed by atoms with Crippen molar-refractivity contribution < 1.29 is 43.3 Å². The van der Waals surface area contributed by atoms with Gasteiger partial charge in [0.15, 0.2) is 6.19 Å². The summed E-state index contributed by atoms with van der Waals surface area (Å²) in [6, 6.07) is 0.676. The van der Waals surface area contributed by atoms with E-state index < -0.39 is 68.9 Å². The lowest BCUT2D eigenvalue weighted by Gasteiger charge is -2.41. The zero-order valence-electron chi connectivity index (χ0n) is 27.8. The van der Waals surface area contributed by atoms with Crippen molar-refractivity contribution >= 4 is 33.8 Å². The highest BCUT2D eigenvalue weighted by molar-refractivity contribution is 8.45. The van der Waals surface area contributed by atoms with Crippen LogP contribution in [0.3, 0.4) is 0 Å². The zero-order valence-corrected chi connectivity index (χ0v) is 28.6. The van der Waals surface area contributed by atoms with E-state index in [-0.39, 0.29) is 36.3 Å². The van der Waals surface area contributed by atoms with Crippen LogP contribution in [0.1, 0.15) is 65.0 Å². The van der Waals surface area contributed by atoms with Gasteiger partial charge in [-0.2, -0.15) is 5.26 Å². The van der Waals surface area contributed by atoms with Crippen molar-refractivity contribution in [1.82, 2.24) is 20.1 Å². The van der Waals surface area contributed by atoms with Crippen LogP contribution in [0.2, 0.25) is 0 Å². The number of hydrogen-bond donors (Lipinski definition) is 1. The Morgan fingerprint density at radius 3 is 2.33 bits per heavy atom. The molecule has 5 unspecified atom stereocenters. The van der Waals surface area contributed by atoms with Crippen molar-refractivity contribution in [1.29, 1.82) is 5.26 Å². The largest absolute Gasteiger partial charge is 0.444 e. The Hall–Kier alpha value is -4.17. The average molecular weight is 717 g/mol. The van der Waals surface area contributed by atoms with Crippen molar-refractivity contribution in [2.45, 2.75) is 94.1 Å². The van der Waals surface area contributed by atoms with Gasteiger partial charge in [-0.1, -0.05) is 25.5 Å². The smallest absolute Gasteiger partial charge is 0.410 e. The molecule has 0 radical (unpaired) electrons. The Balaban J connectivity index is 1.78. The van der Waals surface area contributed by atoms with Gasteiger partial charge in [0.05, 0.1) is 18.7 Å². The maximum Gasteiger partial charge on any atom is 0.410 e. The van der Waals surface area contributed by atoms with Crippen molar-refractivity contribution in [2.75, 3.05) is 25.1 Å². The van der Waals surface area contributed by atoms with E-state index in [4.69, 9.17) is 9.47 Å². The molecule has 270 valence electrons. The van der Waals surface area contributed by atoms with E-state index in [1.54, 1.807) is 27.7 Å². The van der Waals surface area contributed by atoms with E-state index in [2.05, 4.69) is 10.3 Å². The normalized spacial score (nSPS) is 22.6. The number of anilines is 1. The van der Waals surface area contributed by atoms with Crippen LogP contribution in [0.25, 0.3) is 0 Å². The third kappa shape index (κ3) is 9.09. The molecule has 11 nitrogen and oxygen atoms in total. The van der Waals surface area contributed by atoms with Gasteiger partial charge in [-0.15, -0.1) is 0 Å². The summed E-state index contributed by atoms with van der Waals surface area (Å²) in [7, 11) is -8.70. The Morgan fingerprint density at radius 1 is 1.10 bits per heavy atom. The number of carbonyl (C=O) groups excluding carboxylic acids is 3. The molecule has 5 atom stereocenters. The van der Waals surface area contributed by atoms with E-state index in [0.29, 0.717) is 31.5 Å². The van der Waals surface area contributed by atoms with Crippen LogP contribution in [0.15, 0.2) is 53.7 Å². The summed E-state index contributed by atoms with van der Waals surface area (Å²) in [6.45, 7) is 7.28. The van der Waals surface area contributed by atoms with Crippen molar-refractivity contribution in [3.63, 3.8) is 0 Å². The number of carbonyl (C=O) groups is 3. The molecule has 2 aliphatic heterocycles. The number of nitrogens with one attached hydrogen (secondary N) is 1. The molecule has 4 rings (SSSR count). The fourth-order valence-electron chi connectivity index (χ4n) is 6.12. The summed E-state index contributed by atoms with van der Waals surface area (Å²) in [5.74, 6) is -1.64. The summed E-state index contributed by atoms with van der Waals surface area (Å²) in [4.78, 5) is 47.3. The van der Waals surface area contributed by atoms with Gasteiger partial charge >= 0.3 is 16.3 Å². The molecule has 3 amide bonds. The number of halogens is 5. The van der Waals surface area contributed by atoms with Gasteiger partial charge in [-0.3, -0.25) is 24.4 Å². The summed E-state index contributed by atoms with van der Waals surface area (Å²) in [6.07, 6.45) is 5.51. The van der Waals surface area contributed by atoms with Gasteiger partial charge < -0.3 is 19.7 Å². The van der Waals surface area contributed by atoms with Crippen molar-refractivity contribution in [2.24, 2.45) is 0 Å². The maximum atomic E-state index is 14.4. The molecule has 1 aromatic heterocycles. The third-order valence-corrected chi connectivity index (χ3v) is 9.60. The van der Waals surface area contributed by atoms with Crippen LogP contribution in [-0.2, 0) is 19.1 Å². The van der Waals surface area contributed by atoms with E-state index in [0.717, 1.165) is 16.2 Å². The average Bonchev–Trinajstić information content (AvgIpc) is 3.45. The van der Waals surface area contributed by atoms with Gasteiger partial charge in [0.1, 0.15) is 22.6 Å². The Bertz CT molecular complexity index is 1570. The van der Waals surface area contributed by atoms with Gasteiger partial charge in [-0.05, 0) is 77.3 Å². The zero-order chi connectivity index (χ0) is 36.4. The number of nitrogens with zero attached hydrogens (tertiary/aromatic N) is 5. The fraction of sp³-hybridized carbons (Fsp3) is 0.531. The Labute approximate surface area is 282 Å². The minimum absolute atomic E-state index is 0.00758. The predicted octanol–water partition coefficient (Wildman–Crippen LogP) is 6.68. The van der Waals surface area contributed by atoms with Crippen LogP contribution < -0.4 is 10.2 Å². The second-order valence-corrected chi connectivity index (χ2v) is 15.7. The molecule has 17 heteroatoms. The number of piperidine rings is 1. The number of rotatable bonds is 9. The highest BCUT2D eigenvalue weighted by atomic mass is 32.5. The number of amides is 3. The van der Waals surface area contributed by atoms with Gasteiger partial charge in [0.2, 0.25) is 5.91 Å². The van der Waals surface area contributed by atoms with Crippen molar-refractivity contribution in [3.05, 3.63) is 54.4 Å². The molecule has 2 aliphatic rings. The number of aromatic nitrogens is 1. The molecule has 3 heterocycles. The van der Waals surface area contributed by atoms with E-state index in [9.17, 15) is 39.1 Å². The van der Waals surface area contributed by atoms with E-state index in [1.165, 1.54) is 36.5 Å². The first-order valence-corrected chi connectivity index (χ1v) is 17.6. The second kappa shape index (κ2) is 13.3. The lowest BCUT2D eigenvalue weighted by atomic mass is 9.96. The minimum Gasteiger partial charge on any atom is -0.444 e. The van der Waals surface area contributed by atoms with Crippen LogP contribution in [-0.4, -0.2) is 82.7 Å². The number of nitriles is 1. The molecule has 2 saturated heterocycles. The Morgan fingerprint density at radius 2 is 1.78 bits per heavy atom. The van der Waals surface area contributed by atoms with Gasteiger partial charge in [-0.25, -0.2) is 4.79 Å². The molecule has 49 heavy (non-hydrogen) atoms. The first-order chi connectivity index (χ1) is 22.6. The number of benzene rings is 1. The first kappa shape index (κ1) is 37.6. The SMILES string of the molecule is COC1CC(C(=O)N(c2ccc(S(F)(F)(F)(F)F)cc2)C(C(=O)NC(C)C2CCCCN2C(=O)OC(C)(C)C)c2cccnc2)N(C#N)C1. The van der Waals surface area contributed by atoms with Crippen LogP contribution in [0, 0.1) is 11.5 Å². The number of ether oxygens (including phenoxy) is 2. The van der Waals surface area contributed by atoms with Gasteiger partial charge in [0.25, 0.3) is 5.91 Å². The summed E-state index contributed by atoms with van der Waals surface area (Å²) >= 11 is 0. The van der Waals surface area contributed by atoms with Crippen LogP contribution in [0.5, 0.6) is 0 Å². The summed E-state index contributed by atoms with van der Waals surface area (Å²) in [5, 5.41) is 12.7. The standard InChI is InChI=1S/C32H41F5N6O5S/c1-21(26-10-6-7-16-42(26)31(46)48-32(2,3)4)40-29(44)28(22-9-8-15-39-18-22)43(30(45)27-17-24(47-5)19-41(27)20-38)23-11-13-25(14-12-23)49(33,34,35,36)37/h8-9,11-15,18,21,24,26-28H,6-7,10,16-17,19H2,1-5H3,(H,40,44). The second-order valence-electron chi connectivity index (χ2n) is 13.3. The number of hydrogen-bond acceptors (Lipinski definition) is 8. The molecular formula is C32H41F5N6O5S. The van der Waals surface area contributed by atoms with Gasteiger partial charge in [0, 0.05) is 49.8 Å². The topological polar surface area (TPSA) is 128 Å². The molecule has 2 aromatic rings. The summed E-state index contributed by atoms with van der Waals surface area (Å²) in [5.41, 5.74) is -0.932. The van der Waals surface area contributed by atoms with Crippen LogP contribution >= 0.6 is 10.2 Å². The highest BCUT2D eigenvalue weighted by Gasteiger charge is 2.65. The fourth-order valence-corrected chi connectivity index (χ4v) is 6.77. The predicted molar refractivity (Wildman–Crippen MR) is 172 cm³/mol. The van der Waals surface area contributed by atoms with Crippen molar-refractivity contribution in [3.8, 4) is 6.19 Å². The number of likely N-dealkylation sites (tertiary alicyclic amines) is 2. The lowest BCUT2D eigenvalue weighted by molar-refractivity contribution is -0.129. The molecule has 1 N–H and O–H groups in total. The molecule has 0 saturated carbocycles. The molecule has 0 aliphatic carbocycles. The van der Waals surface area contributed by atoms with E-state index in [1.807, 2.05) is 6.19 Å². The molecular weight excluding hydrogens is 675 g/mol. The number of pyridine rings is 1. The quantitative estimate of drug-likeness (QED) is 0.225. The molecule has 1 aromatic carbocycles. The Kier molecular flexibility index (Phi) is 10.2. The monoisotopic (exact) mass is 716 g/mol. The minimum atomic E-state index is -10.1. The first-order valence-electron chi connectivity index (χ1n) is 15.7. The molecule has 2 fully saturated rings. The van der Waals surface area contributed by atoms with E-state index >= 15 is 0 Å². The van der Waals surface area contributed by atoms with Crippen LogP contribution in [0.4, 0.5) is 29.9 Å². The highest BCUT2D eigenvalue weighted by Crippen LogP contribution is 3.02. The third-order valence-electron chi connectivity index (χ3n) is 8.44.